The van der Waals surface area contributed by atoms with Gasteiger partial charge in [0.25, 0.3) is 0 Å². The molecular formula is C40H28N2. The first-order valence-corrected chi connectivity index (χ1v) is 14.4. The summed E-state index contributed by atoms with van der Waals surface area (Å²) in [5.41, 5.74) is 9.38. The Labute approximate surface area is 244 Å². The molecule has 8 aromatic rings. The van der Waals surface area contributed by atoms with Gasteiger partial charge in [-0.05, 0) is 80.6 Å². The third-order valence-corrected chi connectivity index (χ3v) is 8.71. The number of benzene rings is 6. The van der Waals surface area contributed by atoms with E-state index >= 15 is 0 Å². The van der Waals surface area contributed by atoms with Gasteiger partial charge >= 0.3 is 0 Å². The van der Waals surface area contributed by atoms with Crippen molar-refractivity contribution in [1.82, 2.24) is 9.97 Å². The lowest BCUT2D eigenvalue weighted by atomic mass is 9.83. The Bertz CT molecular complexity index is 2320. The summed E-state index contributed by atoms with van der Waals surface area (Å²) in [4.78, 5) is 10.1. The van der Waals surface area contributed by atoms with Crippen molar-refractivity contribution in [2.45, 2.75) is 13.8 Å². The monoisotopic (exact) mass is 536 g/mol. The van der Waals surface area contributed by atoms with E-state index in [1.54, 1.807) is 0 Å². The molecule has 0 unspecified atom stereocenters. The van der Waals surface area contributed by atoms with Crippen LogP contribution in [0.2, 0.25) is 0 Å². The lowest BCUT2D eigenvalue weighted by molar-refractivity contribution is 1.36. The van der Waals surface area contributed by atoms with E-state index in [9.17, 15) is 0 Å². The Hall–Kier alpha value is -5.34. The van der Waals surface area contributed by atoms with Crippen LogP contribution in [-0.2, 0) is 0 Å². The van der Waals surface area contributed by atoms with Crippen molar-refractivity contribution in [1.29, 1.82) is 0 Å². The van der Waals surface area contributed by atoms with E-state index in [1.165, 1.54) is 65.7 Å². The summed E-state index contributed by atoms with van der Waals surface area (Å²) >= 11 is 0. The Morgan fingerprint density at radius 2 is 0.929 bits per heavy atom. The van der Waals surface area contributed by atoms with Crippen LogP contribution in [0.25, 0.3) is 76.7 Å². The van der Waals surface area contributed by atoms with Gasteiger partial charge in [-0.25, -0.2) is 0 Å². The normalized spacial score (nSPS) is 11.6. The van der Waals surface area contributed by atoms with Crippen molar-refractivity contribution in [3.63, 3.8) is 0 Å². The van der Waals surface area contributed by atoms with Crippen molar-refractivity contribution in [2.24, 2.45) is 0 Å². The number of rotatable bonds is 3. The van der Waals surface area contributed by atoms with E-state index in [2.05, 4.69) is 135 Å². The fourth-order valence-electron chi connectivity index (χ4n) is 6.75. The van der Waals surface area contributed by atoms with Crippen LogP contribution in [0, 0.1) is 13.8 Å². The van der Waals surface area contributed by atoms with Crippen LogP contribution in [0.4, 0.5) is 0 Å². The molecule has 0 amide bonds. The summed E-state index contributed by atoms with van der Waals surface area (Å²) in [5, 5.41) is 9.47. The first-order chi connectivity index (χ1) is 20.7. The molecule has 0 N–H and O–H groups in total. The first-order valence-electron chi connectivity index (χ1n) is 14.4. The fourth-order valence-corrected chi connectivity index (χ4v) is 6.75. The molecule has 0 saturated heterocycles. The highest BCUT2D eigenvalue weighted by molar-refractivity contribution is 6.25. The van der Waals surface area contributed by atoms with Crippen molar-refractivity contribution >= 4 is 43.1 Å². The Kier molecular flexibility index (Phi) is 5.61. The van der Waals surface area contributed by atoms with Crippen molar-refractivity contribution in [2.75, 3.05) is 0 Å². The molecule has 0 spiro atoms. The first kappa shape index (κ1) is 24.5. The highest BCUT2D eigenvalue weighted by Crippen LogP contribution is 2.48. The van der Waals surface area contributed by atoms with Crippen molar-refractivity contribution < 1.29 is 0 Å². The predicted octanol–water partition coefficient (Wildman–Crippen LogP) is 10.7. The summed E-state index contributed by atoms with van der Waals surface area (Å²) in [6.45, 7) is 4.46. The lowest BCUT2D eigenvalue weighted by Crippen LogP contribution is -1.98. The van der Waals surface area contributed by atoms with Crippen LogP contribution in [0.3, 0.4) is 0 Å². The molecule has 0 saturated carbocycles. The van der Waals surface area contributed by atoms with E-state index in [0.717, 1.165) is 22.2 Å². The van der Waals surface area contributed by atoms with Gasteiger partial charge < -0.3 is 0 Å². The second-order valence-electron chi connectivity index (χ2n) is 11.0. The molecular weight excluding hydrogens is 508 g/mol. The highest BCUT2D eigenvalue weighted by atomic mass is 14.7. The molecule has 2 aromatic heterocycles. The molecule has 2 heterocycles. The van der Waals surface area contributed by atoms with Gasteiger partial charge in [0.15, 0.2) is 0 Å². The van der Waals surface area contributed by atoms with Crippen LogP contribution < -0.4 is 0 Å². The zero-order valence-electron chi connectivity index (χ0n) is 23.6. The Balaban J connectivity index is 1.62. The summed E-state index contributed by atoms with van der Waals surface area (Å²) in [5.74, 6) is 0. The standard InChI is InChI=1S/C40H28N2/c1-25-11-3-6-14-29(25)30-19-20-35-36(26(30)2)38(40-32-16-8-5-13-28(32)22-24-42-40)34-18-10-9-17-33(34)37(35)39-31-15-7-4-12-27(31)21-23-41-39/h3-24H,1-2H3. The number of aryl methyl sites for hydroxylation is 2. The van der Waals surface area contributed by atoms with E-state index in [-0.39, 0.29) is 0 Å². The average Bonchev–Trinajstić information content (AvgIpc) is 3.04. The second-order valence-corrected chi connectivity index (χ2v) is 11.0. The molecule has 8 rings (SSSR count). The Morgan fingerprint density at radius 3 is 1.57 bits per heavy atom. The van der Waals surface area contributed by atoms with Gasteiger partial charge in [-0.2, -0.15) is 0 Å². The molecule has 42 heavy (non-hydrogen) atoms. The van der Waals surface area contributed by atoms with Crippen LogP contribution in [0.1, 0.15) is 11.1 Å². The minimum absolute atomic E-state index is 1.01. The van der Waals surface area contributed by atoms with Crippen LogP contribution in [0.15, 0.2) is 134 Å². The number of pyridine rings is 2. The molecule has 6 aromatic carbocycles. The zero-order valence-corrected chi connectivity index (χ0v) is 23.6. The van der Waals surface area contributed by atoms with Crippen LogP contribution >= 0.6 is 0 Å². The van der Waals surface area contributed by atoms with Gasteiger partial charge in [0.2, 0.25) is 0 Å². The van der Waals surface area contributed by atoms with Gasteiger partial charge in [0, 0.05) is 34.3 Å². The fraction of sp³-hybridized carbons (Fsp3) is 0.0500. The molecule has 198 valence electrons. The Morgan fingerprint density at radius 1 is 0.405 bits per heavy atom. The molecule has 0 aliphatic rings. The highest BCUT2D eigenvalue weighted by Gasteiger charge is 2.23. The SMILES string of the molecule is Cc1ccccc1-c1ccc2c(-c3nccc4ccccc34)c3ccccc3c(-c3nccc4ccccc34)c2c1C. The van der Waals surface area contributed by atoms with E-state index in [1.807, 2.05) is 12.4 Å². The van der Waals surface area contributed by atoms with Gasteiger partial charge in [-0.1, -0.05) is 109 Å². The molecule has 2 nitrogen and oxygen atoms in total. The number of fused-ring (bicyclic) bond motifs is 4. The maximum Gasteiger partial charge on any atom is 0.0792 e. The summed E-state index contributed by atoms with van der Waals surface area (Å²) in [6.07, 6.45) is 3.88. The third-order valence-electron chi connectivity index (χ3n) is 8.71. The number of aromatic nitrogens is 2. The van der Waals surface area contributed by atoms with Crippen LogP contribution in [-0.4, -0.2) is 9.97 Å². The predicted molar refractivity (Wildman–Crippen MR) is 178 cm³/mol. The zero-order chi connectivity index (χ0) is 28.2. The molecule has 0 aliphatic carbocycles. The quantitative estimate of drug-likeness (QED) is 0.210. The smallest absolute Gasteiger partial charge is 0.0792 e. The summed E-state index contributed by atoms with van der Waals surface area (Å²) in [6, 6.07) is 43.4. The molecule has 0 atom stereocenters. The van der Waals surface area contributed by atoms with Gasteiger partial charge in [-0.3, -0.25) is 9.97 Å². The van der Waals surface area contributed by atoms with Gasteiger partial charge in [0.05, 0.1) is 11.4 Å². The van der Waals surface area contributed by atoms with E-state index in [4.69, 9.17) is 9.97 Å². The summed E-state index contributed by atoms with van der Waals surface area (Å²) in [7, 11) is 0. The topological polar surface area (TPSA) is 25.8 Å². The largest absolute Gasteiger partial charge is 0.256 e. The molecule has 0 radical (unpaired) electrons. The van der Waals surface area contributed by atoms with Gasteiger partial charge in [0.1, 0.15) is 0 Å². The maximum atomic E-state index is 5.08. The average molecular weight is 537 g/mol. The molecule has 2 heteroatoms. The third kappa shape index (κ3) is 3.65. The number of nitrogens with zero attached hydrogens (tertiary/aromatic N) is 2. The molecule has 0 bridgehead atoms. The minimum Gasteiger partial charge on any atom is -0.256 e. The minimum atomic E-state index is 1.01. The second kappa shape index (κ2) is 9.64. The summed E-state index contributed by atoms with van der Waals surface area (Å²) < 4.78 is 0. The van der Waals surface area contributed by atoms with E-state index < -0.39 is 0 Å². The van der Waals surface area contributed by atoms with Crippen molar-refractivity contribution in [3.8, 4) is 33.6 Å². The lowest BCUT2D eigenvalue weighted by Gasteiger charge is -2.21. The number of hydrogen-bond donors (Lipinski definition) is 0. The van der Waals surface area contributed by atoms with Crippen molar-refractivity contribution in [3.05, 3.63) is 145 Å². The van der Waals surface area contributed by atoms with Gasteiger partial charge in [-0.15, -0.1) is 0 Å². The molecule has 0 aliphatic heterocycles. The van der Waals surface area contributed by atoms with Crippen LogP contribution in [0.5, 0.6) is 0 Å². The van der Waals surface area contributed by atoms with E-state index in [0.29, 0.717) is 0 Å². The number of hydrogen-bond acceptors (Lipinski definition) is 2. The molecule has 0 fully saturated rings. The maximum absolute atomic E-state index is 5.08.